The Bertz CT molecular complexity index is 1610. The van der Waals surface area contributed by atoms with Crippen molar-refractivity contribution >= 4 is 54.9 Å². The molecule has 0 fully saturated rings. The van der Waals surface area contributed by atoms with Gasteiger partial charge < -0.3 is 15.3 Å². The van der Waals surface area contributed by atoms with Gasteiger partial charge in [0.15, 0.2) is 0 Å². The fraction of sp³-hybridized carbons (Fsp3) is 0.200. The molecule has 35 heavy (non-hydrogen) atoms. The number of fused-ring (bicyclic) bond motifs is 2. The lowest BCUT2D eigenvalue weighted by Crippen LogP contribution is -2.22. The van der Waals surface area contributed by atoms with Crippen LogP contribution in [0.15, 0.2) is 60.9 Å². The molecule has 0 spiro atoms. The van der Waals surface area contributed by atoms with Gasteiger partial charge in [-0.05, 0) is 18.6 Å². The number of hydrogen-bond donors (Lipinski definition) is 2. The summed E-state index contributed by atoms with van der Waals surface area (Å²) in [5.74, 6) is -0.856. The third kappa shape index (κ3) is 4.39. The number of aromatic nitrogens is 2. The highest BCUT2D eigenvalue weighted by molar-refractivity contribution is 7.85. The largest absolute Gasteiger partial charge is 0.369 e. The Balaban J connectivity index is 0.00000289. The van der Waals surface area contributed by atoms with Gasteiger partial charge in [-0.25, -0.2) is 0 Å². The highest BCUT2D eigenvalue weighted by Crippen LogP contribution is 2.38. The number of benzene rings is 2. The maximum Gasteiger partial charge on any atom is 0.264 e. The van der Waals surface area contributed by atoms with Crippen LogP contribution < -0.4 is 11.5 Å². The van der Waals surface area contributed by atoms with Gasteiger partial charge >= 0.3 is 0 Å². The number of carbonyl (C=O) groups is 2. The molecule has 1 aliphatic heterocycles. The summed E-state index contributed by atoms with van der Waals surface area (Å²) in [7, 11) is -1.60. The Hall–Kier alpha value is -3.73. The lowest BCUT2D eigenvalue weighted by molar-refractivity contribution is -0.122. The van der Waals surface area contributed by atoms with Crippen LogP contribution in [-0.2, 0) is 37.5 Å². The summed E-state index contributed by atoms with van der Waals surface area (Å²) >= 11 is 0. The van der Waals surface area contributed by atoms with Gasteiger partial charge in [0.2, 0.25) is 0 Å². The smallest absolute Gasteiger partial charge is 0.264 e. The van der Waals surface area contributed by atoms with Crippen LogP contribution >= 0.6 is 0 Å². The Labute approximate surface area is 202 Å². The number of aryl methyl sites for hydroxylation is 2. The standard InChI is InChI=1S/C25H23N3O5S.H3N/c1-27-14-18(16-8-3-5-10-20(16)27)22-23(25(30)26-24(22)29)19-15-28(12-7-13-33-34(2,31)32)21-11-6-4-9-17(19)21;/h3-6,8-11,14-15H,7,12-13H2,1-2H3,(H,26,29,30);1H3/p+1. The van der Waals surface area contributed by atoms with Gasteiger partial charge in [-0.1, -0.05) is 36.4 Å². The van der Waals surface area contributed by atoms with E-state index in [1.54, 1.807) is 0 Å². The number of carbonyl (C=O) groups excluding carboxylic acids is 2. The number of nitrogens with one attached hydrogen (secondary N) is 1. The summed E-state index contributed by atoms with van der Waals surface area (Å²) in [5.41, 5.74) is 3.90. The monoisotopic (exact) mass is 495 g/mol. The van der Waals surface area contributed by atoms with Crippen molar-refractivity contribution in [2.24, 2.45) is 7.05 Å². The van der Waals surface area contributed by atoms with Crippen molar-refractivity contribution in [1.29, 1.82) is 0 Å². The average molecular weight is 496 g/mol. The van der Waals surface area contributed by atoms with Crippen molar-refractivity contribution in [3.8, 4) is 0 Å². The normalized spacial score (nSPS) is 14.1. The summed E-state index contributed by atoms with van der Waals surface area (Å²) in [6.45, 7) is 0.548. The first-order chi connectivity index (χ1) is 16.2. The van der Waals surface area contributed by atoms with Gasteiger partial charge in [-0.2, -0.15) is 8.42 Å². The quantitative estimate of drug-likeness (QED) is 0.230. The lowest BCUT2D eigenvalue weighted by atomic mass is 9.95. The Kier molecular flexibility index (Phi) is 6.37. The van der Waals surface area contributed by atoms with Crippen LogP contribution in [0.3, 0.4) is 0 Å². The maximum absolute atomic E-state index is 13.0. The molecule has 5 N–H and O–H groups in total. The zero-order chi connectivity index (χ0) is 24.0. The molecular weight excluding hydrogens is 468 g/mol. The molecule has 4 aromatic rings. The van der Waals surface area contributed by atoms with Crippen LogP contribution in [0.25, 0.3) is 33.0 Å². The molecule has 3 heterocycles. The number of imide groups is 1. The van der Waals surface area contributed by atoms with Gasteiger partial charge in [-0.15, -0.1) is 0 Å². The van der Waals surface area contributed by atoms with Crippen molar-refractivity contribution in [2.45, 2.75) is 13.0 Å². The Morgan fingerprint density at radius 1 is 0.857 bits per heavy atom. The predicted molar refractivity (Wildman–Crippen MR) is 136 cm³/mol. The molecule has 0 aliphatic carbocycles. The van der Waals surface area contributed by atoms with E-state index in [2.05, 4.69) is 5.32 Å². The van der Waals surface area contributed by atoms with Crippen molar-refractivity contribution in [3.63, 3.8) is 0 Å². The van der Waals surface area contributed by atoms with E-state index in [4.69, 9.17) is 4.18 Å². The van der Waals surface area contributed by atoms with Crippen LogP contribution in [0.5, 0.6) is 0 Å². The zero-order valence-electron chi connectivity index (χ0n) is 19.7. The van der Waals surface area contributed by atoms with Crippen molar-refractivity contribution in [2.75, 3.05) is 12.9 Å². The van der Waals surface area contributed by atoms with E-state index in [9.17, 15) is 18.0 Å². The molecule has 0 bridgehead atoms. The minimum absolute atomic E-state index is 0. The first-order valence-electron chi connectivity index (χ1n) is 10.8. The summed E-state index contributed by atoms with van der Waals surface area (Å²) < 4.78 is 31.3. The molecule has 1 aliphatic rings. The molecule has 0 atom stereocenters. The number of rotatable bonds is 7. The highest BCUT2D eigenvalue weighted by Gasteiger charge is 2.35. The molecule has 10 heteroatoms. The van der Waals surface area contributed by atoms with Crippen LogP contribution in [0.4, 0.5) is 0 Å². The first-order valence-corrected chi connectivity index (χ1v) is 12.6. The summed E-state index contributed by atoms with van der Waals surface area (Å²) in [5, 5.41) is 4.20. The predicted octanol–water partition coefficient (Wildman–Crippen LogP) is 3.44. The number of nitrogens with zero attached hydrogens (tertiary/aromatic N) is 2. The lowest BCUT2D eigenvalue weighted by Gasteiger charge is -2.05. The molecule has 182 valence electrons. The van der Waals surface area contributed by atoms with E-state index in [0.717, 1.165) is 28.1 Å². The van der Waals surface area contributed by atoms with Gasteiger partial charge in [0.05, 0.1) is 24.0 Å². The Morgan fingerprint density at radius 3 is 2.03 bits per heavy atom. The molecule has 0 saturated carbocycles. The van der Waals surface area contributed by atoms with Gasteiger partial charge in [0.25, 0.3) is 21.9 Å². The number of hydrogen-bond acceptors (Lipinski definition) is 5. The number of amides is 2. The van der Waals surface area contributed by atoms with E-state index in [-0.39, 0.29) is 12.8 Å². The molecule has 5 rings (SSSR count). The Morgan fingerprint density at radius 2 is 1.40 bits per heavy atom. The molecule has 9 nitrogen and oxygen atoms in total. The zero-order valence-corrected chi connectivity index (χ0v) is 20.6. The van der Waals surface area contributed by atoms with E-state index in [1.807, 2.05) is 77.1 Å². The molecule has 0 saturated heterocycles. The minimum Gasteiger partial charge on any atom is -0.369 e. The number of quaternary nitrogens is 1. The highest BCUT2D eigenvalue weighted by atomic mass is 32.2. The van der Waals surface area contributed by atoms with E-state index >= 15 is 0 Å². The van der Waals surface area contributed by atoms with Gasteiger partial charge in [0.1, 0.15) is 0 Å². The molecular formula is C25H27N4O5S+. The second kappa shape index (κ2) is 9.14. The topological polar surface area (TPSA) is 136 Å². The summed E-state index contributed by atoms with van der Waals surface area (Å²) in [6.07, 6.45) is 5.21. The van der Waals surface area contributed by atoms with Gasteiger partial charge in [0, 0.05) is 58.9 Å². The van der Waals surface area contributed by atoms with Crippen LogP contribution in [0, 0.1) is 0 Å². The van der Waals surface area contributed by atoms with Gasteiger partial charge in [-0.3, -0.25) is 19.1 Å². The second-order valence-corrected chi connectivity index (χ2v) is 9.98. The third-order valence-electron chi connectivity index (χ3n) is 6.00. The minimum atomic E-state index is -3.51. The molecule has 2 aromatic carbocycles. The SMILES string of the molecule is Cn1cc(C2=C(c3cn(CCCOS(C)(=O)=O)c4ccccc34)C(=O)NC2=O)c2ccccc21.[NH4+]. The molecule has 0 radical (unpaired) electrons. The van der Waals surface area contributed by atoms with Crippen LogP contribution in [0.1, 0.15) is 17.5 Å². The van der Waals surface area contributed by atoms with E-state index in [1.165, 1.54) is 0 Å². The van der Waals surface area contributed by atoms with E-state index in [0.29, 0.717) is 35.2 Å². The van der Waals surface area contributed by atoms with Crippen molar-refractivity contribution in [1.82, 2.24) is 20.6 Å². The second-order valence-electron chi connectivity index (χ2n) is 8.34. The third-order valence-corrected chi connectivity index (χ3v) is 6.59. The van der Waals surface area contributed by atoms with Crippen LogP contribution in [-0.4, -0.2) is 42.2 Å². The van der Waals surface area contributed by atoms with Crippen LogP contribution in [0.2, 0.25) is 0 Å². The summed E-state index contributed by atoms with van der Waals surface area (Å²) in [4.78, 5) is 26.0. The van der Waals surface area contributed by atoms with Crippen molar-refractivity contribution in [3.05, 3.63) is 72.1 Å². The van der Waals surface area contributed by atoms with Crippen molar-refractivity contribution < 1.29 is 22.2 Å². The number of para-hydroxylation sites is 2. The summed E-state index contributed by atoms with van der Waals surface area (Å²) in [6, 6.07) is 15.4. The molecule has 2 amide bonds. The fourth-order valence-corrected chi connectivity index (χ4v) is 5.01. The molecule has 2 aromatic heterocycles. The first kappa shape index (κ1) is 24.4. The van der Waals surface area contributed by atoms with E-state index < -0.39 is 21.9 Å². The molecule has 0 unspecified atom stereocenters. The fourth-order valence-electron chi connectivity index (χ4n) is 4.59. The maximum atomic E-state index is 13.0. The average Bonchev–Trinajstić information content (AvgIpc) is 3.41.